The van der Waals surface area contributed by atoms with E-state index in [0.717, 1.165) is 12.8 Å². The molecule has 1 heterocycles. The van der Waals surface area contributed by atoms with Crippen LogP contribution in [0.2, 0.25) is 0 Å². The van der Waals surface area contributed by atoms with Crippen molar-refractivity contribution in [3.05, 3.63) is 0 Å². The molecular formula is C15H25NO5. The average molecular weight is 299 g/mol. The molecule has 0 spiro atoms. The summed E-state index contributed by atoms with van der Waals surface area (Å²) in [5, 5.41) is 2.97. The van der Waals surface area contributed by atoms with Gasteiger partial charge in [0.1, 0.15) is 0 Å². The lowest BCUT2D eigenvalue weighted by molar-refractivity contribution is -0.172. The standard InChI is InChI=1S/C15H25NO5/c1-10-4-3-5-12(11(10)2)16-14(17)9-21-15(18)13-8-19-6-7-20-13/h10-13H,3-9H2,1-2H3,(H,16,17)/t10-,11-,12+,13-/m1/s1. The van der Waals surface area contributed by atoms with Crippen molar-refractivity contribution in [3.8, 4) is 0 Å². The van der Waals surface area contributed by atoms with E-state index in [1.807, 2.05) is 0 Å². The second-order valence-electron chi connectivity index (χ2n) is 5.98. The molecule has 2 rings (SSSR count). The van der Waals surface area contributed by atoms with Crippen LogP contribution in [0.3, 0.4) is 0 Å². The predicted molar refractivity (Wildman–Crippen MR) is 75.6 cm³/mol. The first-order valence-corrected chi connectivity index (χ1v) is 7.73. The normalized spacial score (nSPS) is 33.2. The Morgan fingerprint density at radius 2 is 2.05 bits per heavy atom. The third kappa shape index (κ3) is 4.68. The van der Waals surface area contributed by atoms with Crippen LogP contribution >= 0.6 is 0 Å². The first-order valence-electron chi connectivity index (χ1n) is 7.73. The maximum Gasteiger partial charge on any atom is 0.338 e. The van der Waals surface area contributed by atoms with E-state index >= 15 is 0 Å². The Morgan fingerprint density at radius 3 is 2.76 bits per heavy atom. The van der Waals surface area contributed by atoms with Crippen LogP contribution in [-0.2, 0) is 23.8 Å². The Hall–Kier alpha value is -1.14. The average Bonchev–Trinajstić information content (AvgIpc) is 2.50. The number of ether oxygens (including phenoxy) is 3. The number of esters is 1. The monoisotopic (exact) mass is 299 g/mol. The molecule has 4 atom stereocenters. The molecule has 1 saturated carbocycles. The lowest BCUT2D eigenvalue weighted by Gasteiger charge is -2.34. The van der Waals surface area contributed by atoms with Crippen LogP contribution in [0.15, 0.2) is 0 Å². The third-order valence-electron chi connectivity index (χ3n) is 4.48. The molecule has 2 fully saturated rings. The van der Waals surface area contributed by atoms with Gasteiger partial charge < -0.3 is 19.5 Å². The first kappa shape index (κ1) is 16.2. The van der Waals surface area contributed by atoms with Gasteiger partial charge in [-0.15, -0.1) is 0 Å². The zero-order valence-electron chi connectivity index (χ0n) is 12.8. The number of rotatable bonds is 4. The molecule has 1 amide bonds. The van der Waals surface area contributed by atoms with Crippen molar-refractivity contribution >= 4 is 11.9 Å². The summed E-state index contributed by atoms with van der Waals surface area (Å²) in [4.78, 5) is 23.6. The number of carbonyl (C=O) groups is 2. The number of carbonyl (C=O) groups excluding carboxylic acids is 2. The van der Waals surface area contributed by atoms with Gasteiger partial charge in [-0.3, -0.25) is 4.79 Å². The minimum Gasteiger partial charge on any atom is -0.454 e. The summed E-state index contributed by atoms with van der Waals surface area (Å²) in [5.74, 6) is 0.286. The summed E-state index contributed by atoms with van der Waals surface area (Å²) in [6.07, 6.45) is 2.62. The summed E-state index contributed by atoms with van der Waals surface area (Å²) in [6.45, 7) is 5.18. The van der Waals surface area contributed by atoms with Crippen LogP contribution in [0.5, 0.6) is 0 Å². The molecule has 0 bridgehead atoms. The molecule has 21 heavy (non-hydrogen) atoms. The fourth-order valence-electron chi connectivity index (χ4n) is 2.89. The quantitative estimate of drug-likeness (QED) is 0.780. The van der Waals surface area contributed by atoms with E-state index in [-0.39, 0.29) is 25.2 Å². The molecule has 2 aliphatic rings. The third-order valence-corrected chi connectivity index (χ3v) is 4.48. The topological polar surface area (TPSA) is 73.9 Å². The van der Waals surface area contributed by atoms with E-state index in [1.54, 1.807) is 0 Å². The molecule has 0 aromatic heterocycles. The Bertz CT molecular complexity index is 367. The van der Waals surface area contributed by atoms with E-state index in [0.29, 0.717) is 25.0 Å². The van der Waals surface area contributed by atoms with E-state index in [4.69, 9.17) is 14.2 Å². The molecule has 1 aliphatic heterocycles. The van der Waals surface area contributed by atoms with Crippen molar-refractivity contribution in [1.29, 1.82) is 0 Å². The number of amides is 1. The van der Waals surface area contributed by atoms with Crippen molar-refractivity contribution in [1.82, 2.24) is 5.32 Å². The Balaban J connectivity index is 1.70. The maximum atomic E-state index is 11.9. The minimum absolute atomic E-state index is 0.175. The van der Waals surface area contributed by atoms with Gasteiger partial charge in [0, 0.05) is 6.04 Å². The lowest BCUT2D eigenvalue weighted by atomic mass is 9.78. The van der Waals surface area contributed by atoms with Crippen LogP contribution < -0.4 is 5.32 Å². The van der Waals surface area contributed by atoms with Crippen molar-refractivity contribution in [2.75, 3.05) is 26.4 Å². The van der Waals surface area contributed by atoms with Crippen LogP contribution in [0.25, 0.3) is 0 Å². The summed E-state index contributed by atoms with van der Waals surface area (Å²) < 4.78 is 15.3. The highest BCUT2D eigenvalue weighted by Crippen LogP contribution is 2.29. The number of hydrogen-bond acceptors (Lipinski definition) is 5. The zero-order chi connectivity index (χ0) is 15.2. The largest absolute Gasteiger partial charge is 0.454 e. The zero-order valence-corrected chi connectivity index (χ0v) is 12.8. The van der Waals surface area contributed by atoms with Gasteiger partial charge in [-0.25, -0.2) is 4.79 Å². The van der Waals surface area contributed by atoms with Gasteiger partial charge in [-0.1, -0.05) is 26.7 Å². The summed E-state index contributed by atoms with van der Waals surface area (Å²) in [6, 6.07) is 0.175. The maximum absolute atomic E-state index is 11.9. The van der Waals surface area contributed by atoms with E-state index in [9.17, 15) is 9.59 Å². The molecule has 1 aliphatic carbocycles. The molecule has 0 aromatic carbocycles. The Morgan fingerprint density at radius 1 is 1.24 bits per heavy atom. The van der Waals surface area contributed by atoms with Crippen LogP contribution in [0.1, 0.15) is 33.1 Å². The van der Waals surface area contributed by atoms with E-state index < -0.39 is 12.1 Å². The molecule has 6 heteroatoms. The van der Waals surface area contributed by atoms with Gasteiger partial charge in [-0.05, 0) is 18.3 Å². The van der Waals surface area contributed by atoms with Crippen molar-refractivity contribution in [2.45, 2.75) is 45.3 Å². The van der Waals surface area contributed by atoms with Gasteiger partial charge in [-0.2, -0.15) is 0 Å². The predicted octanol–water partition coefficient (Wildman–Crippen LogP) is 0.886. The van der Waals surface area contributed by atoms with Gasteiger partial charge in [0.25, 0.3) is 5.91 Å². The number of nitrogens with one attached hydrogen (secondary N) is 1. The molecule has 1 N–H and O–H groups in total. The Labute approximate surface area is 125 Å². The molecule has 0 unspecified atom stereocenters. The molecule has 1 saturated heterocycles. The fraction of sp³-hybridized carbons (Fsp3) is 0.867. The van der Waals surface area contributed by atoms with E-state index in [1.165, 1.54) is 6.42 Å². The van der Waals surface area contributed by atoms with Crippen molar-refractivity contribution in [3.63, 3.8) is 0 Å². The van der Waals surface area contributed by atoms with Gasteiger partial charge in [0.15, 0.2) is 12.7 Å². The van der Waals surface area contributed by atoms with Crippen LogP contribution in [0, 0.1) is 11.8 Å². The molecule has 0 aromatic rings. The van der Waals surface area contributed by atoms with Crippen LogP contribution in [0.4, 0.5) is 0 Å². The molecule has 0 radical (unpaired) electrons. The van der Waals surface area contributed by atoms with Gasteiger partial charge in [0.2, 0.25) is 0 Å². The summed E-state index contributed by atoms with van der Waals surface area (Å²) >= 11 is 0. The van der Waals surface area contributed by atoms with Crippen LogP contribution in [-0.4, -0.2) is 50.4 Å². The molecular weight excluding hydrogens is 274 g/mol. The lowest BCUT2D eigenvalue weighted by Crippen LogP contribution is -2.46. The number of hydrogen-bond donors (Lipinski definition) is 1. The summed E-state index contributed by atoms with van der Waals surface area (Å²) in [5.41, 5.74) is 0. The van der Waals surface area contributed by atoms with Gasteiger partial charge >= 0.3 is 5.97 Å². The SMILES string of the molecule is C[C@@H]1[C@H](C)CCC[C@@H]1NC(=O)COC(=O)[C@H]1COCCO1. The van der Waals surface area contributed by atoms with Crippen molar-refractivity contribution in [2.24, 2.45) is 11.8 Å². The minimum atomic E-state index is -0.708. The second kappa shape index (κ2) is 7.75. The highest BCUT2D eigenvalue weighted by molar-refractivity contribution is 5.82. The Kier molecular flexibility index (Phi) is 5.99. The van der Waals surface area contributed by atoms with E-state index in [2.05, 4.69) is 19.2 Å². The molecule has 120 valence electrons. The van der Waals surface area contributed by atoms with Gasteiger partial charge in [0.05, 0.1) is 19.8 Å². The smallest absolute Gasteiger partial charge is 0.338 e. The fourth-order valence-corrected chi connectivity index (χ4v) is 2.89. The highest BCUT2D eigenvalue weighted by atomic mass is 16.6. The first-order chi connectivity index (χ1) is 10.1. The second-order valence-corrected chi connectivity index (χ2v) is 5.98. The molecule has 6 nitrogen and oxygen atoms in total. The summed E-state index contributed by atoms with van der Waals surface area (Å²) in [7, 11) is 0. The highest BCUT2D eigenvalue weighted by Gasteiger charge is 2.29. The van der Waals surface area contributed by atoms with Crippen molar-refractivity contribution < 1.29 is 23.8 Å².